The molecule has 226 valence electrons. The molecule has 1 saturated heterocycles. The van der Waals surface area contributed by atoms with Gasteiger partial charge in [0, 0.05) is 41.9 Å². The maximum Gasteiger partial charge on any atom is 0.419 e. The number of aryl methyl sites for hydroxylation is 1. The molecule has 0 amide bonds. The number of alkyl halides is 6. The Bertz CT molecular complexity index is 1530. The number of aromatic nitrogens is 3. The smallest absolute Gasteiger partial charge is 0.396 e. The van der Waals surface area contributed by atoms with E-state index in [9.17, 15) is 31.4 Å². The van der Waals surface area contributed by atoms with Crippen molar-refractivity contribution in [2.24, 2.45) is 5.92 Å². The molecule has 12 heteroatoms. The van der Waals surface area contributed by atoms with E-state index in [0.29, 0.717) is 40.6 Å². The van der Waals surface area contributed by atoms with Gasteiger partial charge in [0.15, 0.2) is 0 Å². The van der Waals surface area contributed by atoms with E-state index in [1.165, 1.54) is 24.3 Å². The van der Waals surface area contributed by atoms with E-state index in [-0.39, 0.29) is 17.9 Å². The molecule has 1 aliphatic rings. The average Bonchev–Trinajstić information content (AvgIpc) is 2.97. The molecule has 3 heterocycles. The third-order valence-corrected chi connectivity index (χ3v) is 7.62. The monoisotopic (exact) mass is 601 g/mol. The second-order valence-electron chi connectivity index (χ2n) is 10.6. The van der Waals surface area contributed by atoms with Crippen molar-refractivity contribution in [3.63, 3.8) is 0 Å². The van der Waals surface area contributed by atoms with Crippen molar-refractivity contribution >= 4 is 22.4 Å². The van der Waals surface area contributed by atoms with Crippen molar-refractivity contribution in [3.05, 3.63) is 77.7 Å². The number of fused-ring (bicyclic) bond motifs is 1. The van der Waals surface area contributed by atoms with Crippen LogP contribution in [0.5, 0.6) is 0 Å². The topological polar surface area (TPSA) is 74.2 Å². The standard InChI is InChI=1S/C31H29F6N5O/c32-30(33,34)22-6-8-23(9-7-22)39-29-24-10-5-21(28-25(31(35,36)37)3-1-14-38-28)19-26(24)40-27(41-29)4-2-15-42-16-11-20(12-17-42)13-18-43/h3,5-10,19-20,43H,2,4,11-13,15-18H2,(H,39,40,41). The third kappa shape index (κ3) is 7.53. The molecule has 0 unspecified atom stereocenters. The molecule has 0 radical (unpaired) electrons. The van der Waals surface area contributed by atoms with Gasteiger partial charge in [-0.15, -0.1) is 0 Å². The zero-order valence-electron chi connectivity index (χ0n) is 23.1. The van der Waals surface area contributed by atoms with Crippen LogP contribution >= 0.6 is 0 Å². The molecule has 5 rings (SSSR count). The zero-order chi connectivity index (χ0) is 30.6. The fourth-order valence-electron chi connectivity index (χ4n) is 5.31. The summed E-state index contributed by atoms with van der Waals surface area (Å²) in [6, 6.07) is 12.1. The van der Waals surface area contributed by atoms with Gasteiger partial charge in [-0.25, -0.2) is 9.97 Å². The van der Waals surface area contributed by atoms with Gasteiger partial charge >= 0.3 is 12.4 Å². The van der Waals surface area contributed by atoms with Gasteiger partial charge in [-0.1, -0.05) is 6.07 Å². The van der Waals surface area contributed by atoms with E-state index in [1.54, 1.807) is 6.07 Å². The highest BCUT2D eigenvalue weighted by atomic mass is 19.4. The van der Waals surface area contributed by atoms with Crippen molar-refractivity contribution in [2.45, 2.75) is 44.5 Å². The predicted molar refractivity (Wildman–Crippen MR) is 149 cm³/mol. The average molecular weight is 602 g/mol. The highest BCUT2D eigenvalue weighted by Gasteiger charge is 2.34. The Morgan fingerprint density at radius 2 is 1.70 bits per heavy atom. The largest absolute Gasteiger partial charge is 0.419 e. The summed E-state index contributed by atoms with van der Waals surface area (Å²) in [5.74, 6) is 1.31. The maximum atomic E-state index is 13.7. The van der Waals surface area contributed by atoms with Crippen LogP contribution in [0.2, 0.25) is 0 Å². The van der Waals surface area contributed by atoms with Gasteiger partial charge in [0.25, 0.3) is 0 Å². The summed E-state index contributed by atoms with van der Waals surface area (Å²) in [7, 11) is 0. The first-order chi connectivity index (χ1) is 20.5. The molecule has 0 spiro atoms. The Labute approximate surface area is 244 Å². The van der Waals surface area contributed by atoms with Crippen molar-refractivity contribution in [1.29, 1.82) is 0 Å². The van der Waals surface area contributed by atoms with Crippen LogP contribution in [-0.4, -0.2) is 51.2 Å². The van der Waals surface area contributed by atoms with Gasteiger partial charge in [0.05, 0.1) is 22.3 Å². The Morgan fingerprint density at radius 3 is 2.37 bits per heavy atom. The molecule has 43 heavy (non-hydrogen) atoms. The van der Waals surface area contributed by atoms with Gasteiger partial charge in [0.1, 0.15) is 11.6 Å². The summed E-state index contributed by atoms with van der Waals surface area (Å²) < 4.78 is 80.2. The number of aliphatic hydroxyl groups excluding tert-OH is 1. The van der Waals surface area contributed by atoms with E-state index in [4.69, 9.17) is 0 Å². The van der Waals surface area contributed by atoms with E-state index >= 15 is 0 Å². The van der Waals surface area contributed by atoms with Crippen LogP contribution in [0.25, 0.3) is 22.2 Å². The first kappa shape index (κ1) is 30.5. The van der Waals surface area contributed by atoms with Crippen LogP contribution in [-0.2, 0) is 18.8 Å². The van der Waals surface area contributed by atoms with Gasteiger partial charge in [0.2, 0.25) is 0 Å². The van der Waals surface area contributed by atoms with Gasteiger partial charge in [-0.2, -0.15) is 31.3 Å². The van der Waals surface area contributed by atoms with Gasteiger partial charge in [-0.05, 0) is 93.7 Å². The molecule has 2 N–H and O–H groups in total. The molecular weight excluding hydrogens is 572 g/mol. The second kappa shape index (κ2) is 12.7. The predicted octanol–water partition coefficient (Wildman–Crippen LogP) is 7.10. The van der Waals surface area contributed by atoms with Crippen molar-refractivity contribution < 1.29 is 31.4 Å². The summed E-state index contributed by atoms with van der Waals surface area (Å²) in [6.45, 7) is 2.88. The normalized spacial score (nSPS) is 15.0. The van der Waals surface area contributed by atoms with E-state index in [2.05, 4.69) is 37.4 Å². The number of aliphatic hydroxyl groups is 1. The van der Waals surface area contributed by atoms with Crippen LogP contribution in [0.1, 0.15) is 42.6 Å². The lowest BCUT2D eigenvalue weighted by molar-refractivity contribution is -0.138. The Morgan fingerprint density at radius 1 is 0.953 bits per heavy atom. The van der Waals surface area contributed by atoms with Crippen molar-refractivity contribution in [3.8, 4) is 11.3 Å². The molecule has 2 aromatic carbocycles. The van der Waals surface area contributed by atoms with Crippen LogP contribution in [0.15, 0.2) is 48.5 Å². The summed E-state index contributed by atoms with van der Waals surface area (Å²) in [6.07, 6.45) is -2.70. The highest BCUT2D eigenvalue weighted by Crippen LogP contribution is 2.37. The molecule has 1 fully saturated rings. The van der Waals surface area contributed by atoms with Crippen molar-refractivity contribution in [1.82, 2.24) is 19.9 Å². The number of piperidine rings is 1. The minimum Gasteiger partial charge on any atom is -0.396 e. The quantitative estimate of drug-likeness (QED) is 0.200. The zero-order valence-corrected chi connectivity index (χ0v) is 23.1. The minimum atomic E-state index is -4.65. The van der Waals surface area contributed by atoms with Crippen molar-refractivity contribution in [2.75, 3.05) is 31.6 Å². The molecule has 2 aromatic heterocycles. The number of hydrogen-bond acceptors (Lipinski definition) is 6. The van der Waals surface area contributed by atoms with Gasteiger partial charge in [-0.3, -0.25) is 0 Å². The lowest BCUT2D eigenvalue weighted by Gasteiger charge is -2.31. The maximum absolute atomic E-state index is 13.7. The fourth-order valence-corrected chi connectivity index (χ4v) is 5.31. The summed E-state index contributed by atoms with van der Waals surface area (Å²) in [4.78, 5) is 15.5. The minimum absolute atomic E-state index is 0.181. The Kier molecular flexibility index (Phi) is 9.03. The molecule has 0 saturated carbocycles. The molecule has 4 aromatic rings. The number of benzene rings is 2. The molecule has 0 bridgehead atoms. The number of nitrogens with zero attached hydrogens (tertiary/aromatic N) is 4. The summed E-state index contributed by atoms with van der Waals surface area (Å²) >= 11 is 0. The number of halogens is 6. The van der Waals surface area contributed by atoms with E-state index in [0.717, 1.165) is 63.5 Å². The van der Waals surface area contributed by atoms with Crippen LogP contribution in [0, 0.1) is 18.2 Å². The summed E-state index contributed by atoms with van der Waals surface area (Å²) in [5, 5.41) is 12.7. The number of likely N-dealkylation sites (tertiary alicyclic amines) is 1. The first-order valence-electron chi connectivity index (χ1n) is 14.0. The lowest BCUT2D eigenvalue weighted by atomic mass is 9.94. The second-order valence-corrected chi connectivity index (χ2v) is 10.6. The molecule has 0 atom stereocenters. The highest BCUT2D eigenvalue weighted by molar-refractivity contribution is 5.93. The number of rotatable bonds is 9. The SMILES string of the molecule is OCCC1CCN(CCCc2nc(Nc3ccc(C(F)(F)F)cc3)c3ccc(-c4nc#ccc4C(F)(F)F)cc3n2)CC1. The van der Waals surface area contributed by atoms with Crippen LogP contribution in [0.4, 0.5) is 37.8 Å². The summed E-state index contributed by atoms with van der Waals surface area (Å²) in [5.41, 5.74) is -1.14. The third-order valence-electron chi connectivity index (χ3n) is 7.62. The molecule has 1 aliphatic heterocycles. The van der Waals surface area contributed by atoms with E-state index in [1.807, 2.05) is 0 Å². The number of anilines is 2. The van der Waals surface area contributed by atoms with Gasteiger partial charge < -0.3 is 15.3 Å². The Balaban J connectivity index is 1.43. The molecule has 0 aliphatic carbocycles. The molecular formula is C31H29F6N5O. The lowest BCUT2D eigenvalue weighted by Crippen LogP contribution is -2.34. The number of nitrogens with one attached hydrogen (secondary N) is 1. The van der Waals surface area contributed by atoms with E-state index < -0.39 is 23.5 Å². The molecule has 6 nitrogen and oxygen atoms in total. The Hall–Kier alpha value is -3.95. The first-order valence-corrected chi connectivity index (χ1v) is 14.0. The number of hydrogen-bond donors (Lipinski definition) is 2. The van der Waals surface area contributed by atoms with Crippen LogP contribution in [0.3, 0.4) is 0 Å². The van der Waals surface area contributed by atoms with Crippen LogP contribution < -0.4 is 5.32 Å². The fraction of sp³-hybridized carbons (Fsp3) is 0.387.